The Morgan fingerprint density at radius 3 is 2.81 bits per heavy atom. The SMILES string of the molecule is CC(NC(=O)c1cn(C2CCNCC2)nn1)c1cccc(OC(F)F)c1.Cl. The molecular weight excluding hydrogens is 380 g/mol. The van der Waals surface area contributed by atoms with Gasteiger partial charge in [-0.05, 0) is 50.6 Å². The van der Waals surface area contributed by atoms with E-state index in [1.165, 1.54) is 12.1 Å². The summed E-state index contributed by atoms with van der Waals surface area (Å²) >= 11 is 0. The van der Waals surface area contributed by atoms with Crippen LogP contribution in [0.1, 0.15) is 47.9 Å². The Morgan fingerprint density at radius 2 is 2.11 bits per heavy atom. The molecule has 148 valence electrons. The number of amides is 1. The van der Waals surface area contributed by atoms with Gasteiger partial charge in [0, 0.05) is 0 Å². The molecule has 0 saturated carbocycles. The highest BCUT2D eigenvalue weighted by Crippen LogP contribution is 2.21. The second-order valence-corrected chi connectivity index (χ2v) is 6.21. The van der Waals surface area contributed by atoms with Gasteiger partial charge in [0.1, 0.15) is 5.75 Å². The number of halogens is 3. The van der Waals surface area contributed by atoms with Crippen molar-refractivity contribution >= 4 is 18.3 Å². The Labute approximate surface area is 161 Å². The van der Waals surface area contributed by atoms with Crippen molar-refractivity contribution in [2.75, 3.05) is 13.1 Å². The summed E-state index contributed by atoms with van der Waals surface area (Å²) in [7, 11) is 0. The minimum Gasteiger partial charge on any atom is -0.435 e. The summed E-state index contributed by atoms with van der Waals surface area (Å²) < 4.78 is 30.8. The summed E-state index contributed by atoms with van der Waals surface area (Å²) in [5.74, 6) is -0.312. The van der Waals surface area contributed by atoms with Crippen LogP contribution in [-0.2, 0) is 0 Å². The molecule has 1 amide bonds. The predicted molar refractivity (Wildman–Crippen MR) is 97.4 cm³/mol. The molecule has 2 aromatic rings. The van der Waals surface area contributed by atoms with E-state index in [9.17, 15) is 13.6 Å². The monoisotopic (exact) mass is 401 g/mol. The van der Waals surface area contributed by atoms with Gasteiger partial charge in [-0.3, -0.25) is 4.79 Å². The highest BCUT2D eigenvalue weighted by Gasteiger charge is 2.20. The van der Waals surface area contributed by atoms with Crippen molar-refractivity contribution in [3.05, 3.63) is 41.7 Å². The molecule has 0 aliphatic carbocycles. The molecule has 27 heavy (non-hydrogen) atoms. The molecule has 0 radical (unpaired) electrons. The van der Waals surface area contributed by atoms with Crippen molar-refractivity contribution in [1.82, 2.24) is 25.6 Å². The molecule has 7 nitrogen and oxygen atoms in total. The number of carbonyl (C=O) groups excluding carboxylic acids is 1. The zero-order valence-electron chi connectivity index (χ0n) is 14.8. The van der Waals surface area contributed by atoms with Crippen LogP contribution in [0, 0.1) is 0 Å². The van der Waals surface area contributed by atoms with Gasteiger partial charge in [0.15, 0.2) is 5.69 Å². The molecule has 0 spiro atoms. The topological polar surface area (TPSA) is 81.1 Å². The van der Waals surface area contributed by atoms with Gasteiger partial charge in [-0.15, -0.1) is 17.5 Å². The lowest BCUT2D eigenvalue weighted by atomic mass is 10.1. The molecule has 2 N–H and O–H groups in total. The minimum absolute atomic E-state index is 0. The number of nitrogens with one attached hydrogen (secondary N) is 2. The van der Waals surface area contributed by atoms with Crippen molar-refractivity contribution in [3.63, 3.8) is 0 Å². The van der Waals surface area contributed by atoms with E-state index in [4.69, 9.17) is 0 Å². The standard InChI is InChI=1S/C17H21F2N5O2.ClH/c1-11(12-3-2-4-14(9-12)26-17(18)19)21-16(25)15-10-24(23-22-15)13-5-7-20-8-6-13;/h2-4,9-11,13,17,20H,5-8H2,1H3,(H,21,25);1H. The lowest BCUT2D eigenvalue weighted by Crippen LogP contribution is -2.29. The maximum atomic E-state index is 12.4. The number of ether oxygens (including phenoxy) is 1. The van der Waals surface area contributed by atoms with Crippen LogP contribution in [0.2, 0.25) is 0 Å². The van der Waals surface area contributed by atoms with Crippen LogP contribution in [0.15, 0.2) is 30.5 Å². The van der Waals surface area contributed by atoms with Crippen LogP contribution in [0.4, 0.5) is 8.78 Å². The molecule has 1 aromatic carbocycles. The van der Waals surface area contributed by atoms with E-state index < -0.39 is 12.7 Å². The lowest BCUT2D eigenvalue weighted by molar-refractivity contribution is -0.0499. The predicted octanol–water partition coefficient (Wildman–Crippen LogP) is 2.72. The van der Waals surface area contributed by atoms with Gasteiger partial charge in [-0.2, -0.15) is 8.78 Å². The number of benzene rings is 1. The number of nitrogens with zero attached hydrogens (tertiary/aromatic N) is 3. The molecule has 1 unspecified atom stereocenters. The Morgan fingerprint density at radius 1 is 1.37 bits per heavy atom. The Bertz CT molecular complexity index is 752. The zero-order chi connectivity index (χ0) is 18.5. The van der Waals surface area contributed by atoms with Gasteiger partial charge in [-0.1, -0.05) is 17.3 Å². The van der Waals surface area contributed by atoms with E-state index in [2.05, 4.69) is 25.7 Å². The fourth-order valence-electron chi connectivity index (χ4n) is 2.94. The van der Waals surface area contributed by atoms with Crippen molar-refractivity contribution < 1.29 is 18.3 Å². The maximum Gasteiger partial charge on any atom is 0.387 e. The molecular formula is C17H22ClF2N5O2. The molecule has 1 fully saturated rings. The average Bonchev–Trinajstić information content (AvgIpc) is 3.12. The van der Waals surface area contributed by atoms with Crippen LogP contribution in [0.3, 0.4) is 0 Å². The minimum atomic E-state index is -2.89. The van der Waals surface area contributed by atoms with Crippen molar-refractivity contribution in [2.45, 2.75) is 38.5 Å². The Hall–Kier alpha value is -2.26. The lowest BCUT2D eigenvalue weighted by Gasteiger charge is -2.22. The first-order valence-corrected chi connectivity index (χ1v) is 8.51. The number of hydrogen-bond donors (Lipinski definition) is 2. The van der Waals surface area contributed by atoms with Crippen LogP contribution < -0.4 is 15.4 Å². The van der Waals surface area contributed by atoms with E-state index in [1.807, 2.05) is 0 Å². The largest absolute Gasteiger partial charge is 0.435 e. The van der Waals surface area contributed by atoms with E-state index >= 15 is 0 Å². The Kier molecular flexibility index (Phi) is 7.49. The molecule has 1 atom stereocenters. The van der Waals surface area contributed by atoms with Crippen LogP contribution >= 0.6 is 12.4 Å². The summed E-state index contributed by atoms with van der Waals surface area (Å²) in [6.07, 6.45) is 3.53. The molecule has 1 saturated heterocycles. The first-order valence-electron chi connectivity index (χ1n) is 8.51. The third kappa shape index (κ3) is 5.61. The van der Waals surface area contributed by atoms with Crippen molar-refractivity contribution in [3.8, 4) is 5.75 Å². The summed E-state index contributed by atoms with van der Waals surface area (Å²) in [6, 6.07) is 6.09. The molecule has 0 bridgehead atoms. The highest BCUT2D eigenvalue weighted by molar-refractivity contribution is 5.92. The Balaban J connectivity index is 0.00000261. The number of piperidine rings is 1. The number of rotatable bonds is 6. The quantitative estimate of drug-likeness (QED) is 0.777. The third-order valence-corrected chi connectivity index (χ3v) is 4.36. The van der Waals surface area contributed by atoms with E-state index in [1.54, 1.807) is 29.9 Å². The van der Waals surface area contributed by atoms with E-state index in [0.29, 0.717) is 5.56 Å². The first kappa shape index (κ1) is 21.0. The van der Waals surface area contributed by atoms with Crippen LogP contribution in [0.25, 0.3) is 0 Å². The van der Waals surface area contributed by atoms with Gasteiger partial charge in [-0.25, -0.2) is 4.68 Å². The summed E-state index contributed by atoms with van der Waals surface area (Å²) in [5.41, 5.74) is 0.887. The van der Waals surface area contributed by atoms with E-state index in [-0.39, 0.29) is 35.8 Å². The maximum absolute atomic E-state index is 12.4. The molecule has 3 rings (SSSR count). The third-order valence-electron chi connectivity index (χ3n) is 4.36. The summed E-state index contributed by atoms with van der Waals surface area (Å²) in [4.78, 5) is 12.4. The van der Waals surface area contributed by atoms with Crippen LogP contribution in [0.5, 0.6) is 5.75 Å². The molecule has 1 aliphatic heterocycles. The van der Waals surface area contributed by atoms with Crippen LogP contribution in [-0.4, -0.2) is 40.6 Å². The number of carbonyl (C=O) groups is 1. The first-order chi connectivity index (χ1) is 12.5. The van der Waals surface area contributed by atoms with Crippen molar-refractivity contribution in [2.24, 2.45) is 0 Å². The fraction of sp³-hybridized carbons (Fsp3) is 0.471. The van der Waals surface area contributed by atoms with Gasteiger partial charge in [0.25, 0.3) is 5.91 Å². The summed E-state index contributed by atoms with van der Waals surface area (Å²) in [5, 5.41) is 14.1. The number of hydrogen-bond acceptors (Lipinski definition) is 5. The average molecular weight is 402 g/mol. The van der Waals surface area contributed by atoms with Gasteiger partial charge in [0.05, 0.1) is 18.3 Å². The molecule has 1 aromatic heterocycles. The highest BCUT2D eigenvalue weighted by atomic mass is 35.5. The second kappa shape index (κ2) is 9.61. The fourth-order valence-corrected chi connectivity index (χ4v) is 2.94. The number of aromatic nitrogens is 3. The second-order valence-electron chi connectivity index (χ2n) is 6.21. The van der Waals surface area contributed by atoms with Gasteiger partial charge >= 0.3 is 6.61 Å². The normalized spacial score (nSPS) is 15.9. The van der Waals surface area contributed by atoms with E-state index in [0.717, 1.165) is 25.9 Å². The molecule has 1 aliphatic rings. The smallest absolute Gasteiger partial charge is 0.387 e. The number of alkyl halides is 2. The molecule has 10 heteroatoms. The van der Waals surface area contributed by atoms with Crippen molar-refractivity contribution in [1.29, 1.82) is 0 Å². The summed E-state index contributed by atoms with van der Waals surface area (Å²) in [6.45, 7) is 0.705. The van der Waals surface area contributed by atoms with Gasteiger partial charge in [0.2, 0.25) is 0 Å². The zero-order valence-corrected chi connectivity index (χ0v) is 15.6. The van der Waals surface area contributed by atoms with Gasteiger partial charge < -0.3 is 15.4 Å². The molecule has 2 heterocycles.